The third-order valence-corrected chi connectivity index (χ3v) is 14.5. The highest BCUT2D eigenvalue weighted by Gasteiger charge is 2.54. The molecular formula is C47H62N4O11. The van der Waals surface area contributed by atoms with Gasteiger partial charge in [-0.3, -0.25) is 29.1 Å². The predicted molar refractivity (Wildman–Crippen MR) is 230 cm³/mol. The molecule has 62 heavy (non-hydrogen) atoms. The number of methoxy groups -OCH3 is 1. The van der Waals surface area contributed by atoms with Crippen LogP contribution in [0.5, 0.6) is 11.5 Å². The molecule has 1 saturated carbocycles. The van der Waals surface area contributed by atoms with Crippen LogP contribution in [-0.4, -0.2) is 130 Å². The summed E-state index contributed by atoms with van der Waals surface area (Å²) < 4.78 is 24.2. The van der Waals surface area contributed by atoms with Gasteiger partial charge in [0.2, 0.25) is 5.78 Å². The van der Waals surface area contributed by atoms with E-state index in [-0.39, 0.29) is 57.2 Å². The zero-order valence-corrected chi connectivity index (χ0v) is 37.3. The van der Waals surface area contributed by atoms with Crippen LogP contribution in [-0.2, 0) is 19.0 Å². The molecule has 4 N–H and O–H groups in total. The van der Waals surface area contributed by atoms with Gasteiger partial charge in [-0.05, 0) is 39.7 Å². The Morgan fingerprint density at radius 1 is 0.903 bits per heavy atom. The summed E-state index contributed by atoms with van der Waals surface area (Å²) in [5.41, 5.74) is -2.22. The van der Waals surface area contributed by atoms with E-state index in [0.717, 1.165) is 13.1 Å². The van der Waals surface area contributed by atoms with Crippen LogP contribution < -0.4 is 10.1 Å². The smallest absolute Gasteiger partial charge is 0.312 e. The number of aliphatic hydroxyl groups is 2. The molecule has 1 aromatic carbocycles. The van der Waals surface area contributed by atoms with E-state index in [0.29, 0.717) is 19.1 Å². The summed E-state index contributed by atoms with van der Waals surface area (Å²) >= 11 is 0. The maximum absolute atomic E-state index is 14.8. The van der Waals surface area contributed by atoms with Crippen LogP contribution in [0.1, 0.15) is 111 Å². The monoisotopic (exact) mass is 858 g/mol. The first-order valence-electron chi connectivity index (χ1n) is 21.9. The molecule has 9 aliphatic rings. The van der Waals surface area contributed by atoms with Gasteiger partial charge in [0, 0.05) is 81.1 Å². The number of hydrogen-bond donors (Lipinski definition) is 4. The van der Waals surface area contributed by atoms with Crippen molar-refractivity contribution in [3.05, 3.63) is 69.7 Å². The van der Waals surface area contributed by atoms with Crippen molar-refractivity contribution in [2.75, 3.05) is 33.3 Å². The second-order valence-corrected chi connectivity index (χ2v) is 18.3. The molecule has 0 radical (unpaired) electrons. The summed E-state index contributed by atoms with van der Waals surface area (Å²) in [6, 6.07) is 0.549. The van der Waals surface area contributed by atoms with Gasteiger partial charge < -0.3 is 39.6 Å². The molecule has 0 aromatic heterocycles. The molecule has 336 valence electrons. The average Bonchev–Trinajstić information content (AvgIpc) is 3.89. The lowest BCUT2D eigenvalue weighted by Crippen LogP contribution is -2.60. The van der Waals surface area contributed by atoms with Gasteiger partial charge in [-0.15, -0.1) is 0 Å². The molecular weight excluding hydrogens is 797 g/mol. The van der Waals surface area contributed by atoms with Crippen LogP contribution in [0.2, 0.25) is 0 Å². The number of allylic oxidation sites excluding steroid dienone is 4. The number of hydrogen-bond acceptors (Lipinski definition) is 14. The number of benzene rings is 1. The lowest BCUT2D eigenvalue weighted by molar-refractivity contribution is -0.251. The van der Waals surface area contributed by atoms with Gasteiger partial charge >= 0.3 is 5.79 Å². The van der Waals surface area contributed by atoms with Gasteiger partial charge in [0.15, 0.2) is 5.78 Å². The number of Topliss-reactive ketones (excluding diaryl/α,β-unsaturated/α-hetero) is 3. The fourth-order valence-corrected chi connectivity index (χ4v) is 9.97. The summed E-state index contributed by atoms with van der Waals surface area (Å²) in [7, 11) is 1.46. The Morgan fingerprint density at radius 3 is 2.21 bits per heavy atom. The Hall–Kier alpha value is -4.67. The lowest BCUT2D eigenvalue weighted by Gasteiger charge is -2.54. The van der Waals surface area contributed by atoms with Crippen molar-refractivity contribution in [3.8, 4) is 11.5 Å². The molecule has 1 aromatic rings. The van der Waals surface area contributed by atoms with Crippen molar-refractivity contribution in [1.82, 2.24) is 15.2 Å². The van der Waals surface area contributed by atoms with Crippen molar-refractivity contribution in [1.29, 1.82) is 0 Å². The summed E-state index contributed by atoms with van der Waals surface area (Å²) in [5.74, 6) is -7.45. The molecule has 0 spiro atoms. The Balaban J connectivity index is 1.28. The Morgan fingerprint density at radius 2 is 1.56 bits per heavy atom. The SMILES string of the molecule is COC1C=COC2(C)Oc3c(C)c(O)c4c(c3C2=O)C(=O)C(C=NN2CCN(C3CCCC3)CC2)=C(NC(=O)C(C)=CC=CC2(C)OC(C(C)C(O)C(C)C(O)C1C)C2C)C4=O. The van der Waals surface area contributed by atoms with Gasteiger partial charge in [0.1, 0.15) is 17.2 Å². The molecule has 7 heterocycles. The standard InChI is InChI=1S/C47H62N4O11/c1-24-13-12-17-46(7)29(6)42(61-46)27(4)38(53)26(3)37(52)25(2)32(59-9)16-22-60-47(8)44(57)35-33-34(39(54)28(5)43(35)62-47)41(56)36(49-45(24)58)31(40(33)55)23-48-51-20-18-50(19-21-51)30-14-10-11-15-30/h12-13,16-17,22-23,25-27,29-30,32,37-38,42,52-54H,10-11,14-15,18-21H2,1-9H3,(H,49,58). The Kier molecular flexibility index (Phi) is 12.8. The van der Waals surface area contributed by atoms with E-state index >= 15 is 0 Å². The minimum absolute atomic E-state index is 0.0200. The third kappa shape index (κ3) is 7.95. The maximum atomic E-state index is 14.8. The second-order valence-electron chi connectivity index (χ2n) is 18.3. The van der Waals surface area contributed by atoms with E-state index in [1.807, 2.05) is 31.9 Å². The summed E-state index contributed by atoms with van der Waals surface area (Å²) in [6.45, 7) is 16.5. The van der Waals surface area contributed by atoms with Gasteiger partial charge in [-0.25, -0.2) is 0 Å². The minimum Gasteiger partial charge on any atom is -0.507 e. The highest BCUT2D eigenvalue weighted by atomic mass is 16.7. The van der Waals surface area contributed by atoms with E-state index in [9.17, 15) is 34.5 Å². The van der Waals surface area contributed by atoms with Crippen LogP contribution in [0.4, 0.5) is 0 Å². The highest BCUT2D eigenvalue weighted by Crippen LogP contribution is 2.49. The van der Waals surface area contributed by atoms with E-state index < -0.39 is 76.1 Å². The van der Waals surface area contributed by atoms with Crippen LogP contribution in [0.25, 0.3) is 0 Å². The van der Waals surface area contributed by atoms with Crippen molar-refractivity contribution >= 4 is 29.5 Å². The first-order chi connectivity index (χ1) is 29.3. The number of hydrazone groups is 1. The fourth-order valence-electron chi connectivity index (χ4n) is 9.97. The number of carbonyl (C=O) groups is 4. The third-order valence-electron chi connectivity index (χ3n) is 14.5. The molecule has 2 saturated heterocycles. The molecule has 7 aliphatic heterocycles. The van der Waals surface area contributed by atoms with Crippen molar-refractivity contribution in [2.24, 2.45) is 28.8 Å². The number of nitrogens with zero attached hydrogens (tertiary/aromatic N) is 3. The summed E-state index contributed by atoms with van der Waals surface area (Å²) in [5, 5.41) is 43.7. The first kappa shape index (κ1) is 45.4. The maximum Gasteiger partial charge on any atom is 0.312 e. The van der Waals surface area contributed by atoms with Gasteiger partial charge in [0.25, 0.3) is 11.7 Å². The Labute approximate surface area is 363 Å². The largest absolute Gasteiger partial charge is 0.507 e. The first-order valence-corrected chi connectivity index (χ1v) is 21.9. The van der Waals surface area contributed by atoms with E-state index in [4.69, 9.17) is 18.9 Å². The molecule has 10 rings (SSSR count). The van der Waals surface area contributed by atoms with Crippen LogP contribution in [0, 0.1) is 30.6 Å². The normalized spacial score (nSPS) is 35.2. The molecule has 15 nitrogen and oxygen atoms in total. The fraction of sp³-hybridized carbons (Fsp3) is 0.596. The lowest BCUT2D eigenvalue weighted by atomic mass is 9.70. The van der Waals surface area contributed by atoms with Crippen molar-refractivity contribution < 1.29 is 53.4 Å². The number of nitrogens with one attached hydrogen (secondary N) is 1. The minimum atomic E-state index is -2.05. The molecule has 3 fully saturated rings. The molecule has 10 unspecified atom stereocenters. The van der Waals surface area contributed by atoms with Gasteiger partial charge in [-0.2, -0.15) is 5.10 Å². The van der Waals surface area contributed by atoms with Gasteiger partial charge in [-0.1, -0.05) is 58.8 Å². The van der Waals surface area contributed by atoms with Crippen LogP contribution in [0.15, 0.2) is 52.5 Å². The van der Waals surface area contributed by atoms with E-state index in [1.54, 1.807) is 32.9 Å². The number of aromatic hydroxyl groups is 1. The second kappa shape index (κ2) is 17.5. The number of ketones is 3. The Bertz CT molecular complexity index is 2150. The summed E-state index contributed by atoms with van der Waals surface area (Å²) in [6.07, 6.45) is 10.8. The molecule has 10 atom stereocenters. The number of aliphatic hydroxyl groups excluding tert-OH is 2. The van der Waals surface area contributed by atoms with E-state index in [2.05, 4.69) is 15.3 Å². The number of phenolic OH excluding ortho intramolecular Hbond substituents is 1. The highest BCUT2D eigenvalue weighted by molar-refractivity contribution is 6.37. The zero-order valence-electron chi connectivity index (χ0n) is 37.3. The number of piperazine rings is 1. The van der Waals surface area contributed by atoms with Crippen molar-refractivity contribution in [2.45, 2.75) is 123 Å². The van der Waals surface area contributed by atoms with Gasteiger partial charge in [0.05, 0.1) is 64.8 Å². The quantitative estimate of drug-likeness (QED) is 0.303. The average molecular weight is 859 g/mol. The van der Waals surface area contributed by atoms with Crippen molar-refractivity contribution in [3.63, 3.8) is 0 Å². The van der Waals surface area contributed by atoms with Crippen LogP contribution >= 0.6 is 0 Å². The van der Waals surface area contributed by atoms with E-state index in [1.165, 1.54) is 65.2 Å². The molecule has 1 amide bonds. The van der Waals surface area contributed by atoms with Crippen LogP contribution in [0.3, 0.4) is 0 Å². The predicted octanol–water partition coefficient (Wildman–Crippen LogP) is 4.77. The number of carbonyl (C=O) groups excluding carboxylic acids is 4. The topological polar surface area (TPSA) is 197 Å². The summed E-state index contributed by atoms with van der Waals surface area (Å²) in [4.78, 5) is 60.2. The molecule has 15 heteroatoms. The number of phenols is 1. The molecule has 2 aliphatic carbocycles. The zero-order chi connectivity index (χ0) is 45.0. The number of amides is 1. The molecule has 7 bridgehead atoms. The number of rotatable bonds is 4. The number of ether oxygens (including phenoxy) is 4.